The summed E-state index contributed by atoms with van der Waals surface area (Å²) in [7, 11) is 1.69. The predicted molar refractivity (Wildman–Crippen MR) is 65.9 cm³/mol. The topological polar surface area (TPSA) is 55.6 Å². The van der Waals surface area contributed by atoms with Gasteiger partial charge >= 0.3 is 0 Å². The number of hydrogen-bond donors (Lipinski definition) is 1. The molecule has 0 fully saturated rings. The minimum absolute atomic E-state index is 0.215. The van der Waals surface area contributed by atoms with Crippen LogP contribution in [0.15, 0.2) is 24.7 Å². The van der Waals surface area contributed by atoms with Gasteiger partial charge in [0.25, 0.3) is 0 Å². The summed E-state index contributed by atoms with van der Waals surface area (Å²) in [6, 6.07) is 1.93. The molecule has 3 rings (SSSR count). The van der Waals surface area contributed by atoms with Gasteiger partial charge in [-0.15, -0.1) is 0 Å². The van der Waals surface area contributed by atoms with Crippen LogP contribution in [0.2, 0.25) is 0 Å². The molecular weight excluding hydrogens is 271 g/mol. The average Bonchev–Trinajstić information content (AvgIpc) is 2.82. The van der Waals surface area contributed by atoms with Gasteiger partial charge in [0.05, 0.1) is 17.3 Å². The van der Waals surface area contributed by atoms with E-state index in [0.29, 0.717) is 11.0 Å². The Bertz CT molecular complexity index is 799. The van der Waals surface area contributed by atoms with Gasteiger partial charge in [0.2, 0.25) is 0 Å². The van der Waals surface area contributed by atoms with Crippen molar-refractivity contribution in [2.75, 3.05) is 5.32 Å². The highest BCUT2D eigenvalue weighted by Crippen LogP contribution is 2.26. The number of rotatable bonds is 2. The smallest absolute Gasteiger partial charge is 0.196 e. The zero-order chi connectivity index (χ0) is 14.3. The molecule has 8 heteroatoms. The summed E-state index contributed by atoms with van der Waals surface area (Å²) < 4.78 is 41.2. The first-order chi connectivity index (χ1) is 9.58. The summed E-state index contributed by atoms with van der Waals surface area (Å²) >= 11 is 0. The van der Waals surface area contributed by atoms with E-state index in [2.05, 4.69) is 20.4 Å². The van der Waals surface area contributed by atoms with E-state index in [4.69, 9.17) is 0 Å². The molecule has 0 aliphatic rings. The molecule has 0 bridgehead atoms. The van der Waals surface area contributed by atoms with Crippen molar-refractivity contribution >= 4 is 22.5 Å². The lowest BCUT2D eigenvalue weighted by molar-refractivity contribution is 0.449. The fraction of sp³-hybridized carbons (Fsp3) is 0.0833. The van der Waals surface area contributed by atoms with E-state index < -0.39 is 17.5 Å². The van der Waals surface area contributed by atoms with Crippen molar-refractivity contribution in [3.05, 3.63) is 42.1 Å². The molecule has 20 heavy (non-hydrogen) atoms. The van der Waals surface area contributed by atoms with Gasteiger partial charge < -0.3 is 5.32 Å². The van der Waals surface area contributed by atoms with E-state index >= 15 is 0 Å². The maximum atomic E-state index is 13.6. The van der Waals surface area contributed by atoms with E-state index in [-0.39, 0.29) is 11.5 Å². The van der Waals surface area contributed by atoms with Crippen molar-refractivity contribution in [1.82, 2.24) is 19.7 Å². The Labute approximate surface area is 111 Å². The van der Waals surface area contributed by atoms with Crippen LogP contribution in [0.4, 0.5) is 24.7 Å². The van der Waals surface area contributed by atoms with E-state index in [1.54, 1.807) is 7.05 Å². The second-order valence-corrected chi connectivity index (χ2v) is 4.08. The van der Waals surface area contributed by atoms with E-state index in [1.807, 2.05) is 0 Å². The van der Waals surface area contributed by atoms with Crippen LogP contribution in [0.3, 0.4) is 0 Å². The van der Waals surface area contributed by atoms with Crippen LogP contribution in [0.1, 0.15) is 0 Å². The second-order valence-electron chi connectivity index (χ2n) is 4.08. The molecule has 0 unspecified atom stereocenters. The van der Waals surface area contributed by atoms with Gasteiger partial charge in [-0.2, -0.15) is 5.10 Å². The highest BCUT2D eigenvalue weighted by molar-refractivity contribution is 5.88. The lowest BCUT2D eigenvalue weighted by Crippen LogP contribution is -2.01. The molecule has 0 saturated carbocycles. The molecule has 0 amide bonds. The third-order valence-electron chi connectivity index (χ3n) is 2.82. The van der Waals surface area contributed by atoms with Gasteiger partial charge in [-0.1, -0.05) is 0 Å². The molecule has 1 aromatic carbocycles. The summed E-state index contributed by atoms with van der Waals surface area (Å²) in [5, 5.41) is 7.15. The largest absolute Gasteiger partial charge is 0.337 e. The highest BCUT2D eigenvalue weighted by atomic mass is 19.2. The van der Waals surface area contributed by atoms with Gasteiger partial charge in [-0.3, -0.25) is 4.68 Å². The number of aryl methyl sites for hydroxylation is 1. The third kappa shape index (κ3) is 1.85. The molecule has 1 N–H and O–H groups in total. The Morgan fingerprint density at radius 1 is 1.10 bits per heavy atom. The second kappa shape index (κ2) is 4.48. The molecule has 0 radical (unpaired) electrons. The number of benzene rings is 1. The van der Waals surface area contributed by atoms with E-state index in [1.165, 1.54) is 17.2 Å². The molecular formula is C12H8F3N5. The molecule has 102 valence electrons. The van der Waals surface area contributed by atoms with Crippen molar-refractivity contribution in [3.63, 3.8) is 0 Å². The summed E-state index contributed by atoms with van der Waals surface area (Å²) in [5.41, 5.74) is 0.318. The molecule has 0 spiro atoms. The number of aromatic nitrogens is 4. The monoisotopic (exact) mass is 279 g/mol. The van der Waals surface area contributed by atoms with Crippen LogP contribution in [0, 0.1) is 17.5 Å². The Hall–Kier alpha value is -2.64. The van der Waals surface area contributed by atoms with E-state index in [9.17, 15) is 13.2 Å². The van der Waals surface area contributed by atoms with Gasteiger partial charge in [-0.05, 0) is 12.1 Å². The molecule has 3 aromatic rings. The average molecular weight is 279 g/mol. The Morgan fingerprint density at radius 2 is 1.90 bits per heavy atom. The molecule has 2 aromatic heterocycles. The normalized spacial score (nSPS) is 11.0. The van der Waals surface area contributed by atoms with Crippen molar-refractivity contribution in [3.8, 4) is 0 Å². The summed E-state index contributed by atoms with van der Waals surface area (Å²) in [4.78, 5) is 7.97. The van der Waals surface area contributed by atoms with Crippen molar-refractivity contribution < 1.29 is 13.2 Å². The number of halogens is 3. The SMILES string of the molecule is Cn1ncc2c(Nc3ccc(F)c(F)c3F)ncnc21. The summed E-state index contributed by atoms with van der Waals surface area (Å²) in [6.07, 6.45) is 2.76. The van der Waals surface area contributed by atoms with Crippen LogP contribution < -0.4 is 5.32 Å². The van der Waals surface area contributed by atoms with E-state index in [0.717, 1.165) is 12.1 Å². The number of nitrogens with one attached hydrogen (secondary N) is 1. The Balaban J connectivity index is 2.08. The first-order valence-electron chi connectivity index (χ1n) is 5.61. The number of fused-ring (bicyclic) bond motifs is 1. The van der Waals surface area contributed by atoms with Crippen LogP contribution in [-0.2, 0) is 7.05 Å². The minimum atomic E-state index is -1.54. The van der Waals surface area contributed by atoms with Gasteiger partial charge in [0.1, 0.15) is 12.1 Å². The maximum absolute atomic E-state index is 13.6. The fourth-order valence-corrected chi connectivity index (χ4v) is 1.81. The molecule has 0 saturated heterocycles. The Kier molecular flexibility index (Phi) is 2.78. The lowest BCUT2D eigenvalue weighted by atomic mass is 10.2. The quantitative estimate of drug-likeness (QED) is 0.732. The Morgan fingerprint density at radius 3 is 2.70 bits per heavy atom. The number of hydrogen-bond acceptors (Lipinski definition) is 4. The van der Waals surface area contributed by atoms with Crippen LogP contribution in [0.25, 0.3) is 11.0 Å². The van der Waals surface area contributed by atoms with Crippen molar-refractivity contribution in [2.45, 2.75) is 0 Å². The zero-order valence-corrected chi connectivity index (χ0v) is 10.2. The molecule has 2 heterocycles. The molecule has 0 atom stereocenters. The first-order valence-corrected chi connectivity index (χ1v) is 5.61. The van der Waals surface area contributed by atoms with Gasteiger partial charge in [-0.25, -0.2) is 23.1 Å². The van der Waals surface area contributed by atoms with Gasteiger partial charge in [0, 0.05) is 7.05 Å². The van der Waals surface area contributed by atoms with Gasteiger partial charge in [0.15, 0.2) is 23.1 Å². The fourth-order valence-electron chi connectivity index (χ4n) is 1.81. The molecule has 0 aliphatic heterocycles. The summed E-state index contributed by atoms with van der Waals surface area (Å²) in [5.74, 6) is -3.83. The van der Waals surface area contributed by atoms with Crippen LogP contribution >= 0.6 is 0 Å². The van der Waals surface area contributed by atoms with Crippen LogP contribution in [-0.4, -0.2) is 19.7 Å². The molecule has 0 aliphatic carbocycles. The number of nitrogens with zero attached hydrogens (tertiary/aromatic N) is 4. The zero-order valence-electron chi connectivity index (χ0n) is 10.2. The van der Waals surface area contributed by atoms with Crippen molar-refractivity contribution in [2.24, 2.45) is 7.05 Å². The first kappa shape index (κ1) is 12.4. The lowest BCUT2D eigenvalue weighted by Gasteiger charge is -2.08. The van der Waals surface area contributed by atoms with Crippen LogP contribution in [0.5, 0.6) is 0 Å². The maximum Gasteiger partial charge on any atom is 0.196 e. The predicted octanol–water partition coefficient (Wildman–Crippen LogP) is 2.52. The third-order valence-corrected chi connectivity index (χ3v) is 2.82. The molecule has 5 nitrogen and oxygen atoms in total. The summed E-state index contributed by atoms with van der Waals surface area (Å²) in [6.45, 7) is 0. The van der Waals surface area contributed by atoms with Crippen molar-refractivity contribution in [1.29, 1.82) is 0 Å². The minimum Gasteiger partial charge on any atom is -0.337 e. The number of anilines is 2. The highest BCUT2D eigenvalue weighted by Gasteiger charge is 2.15. The standard InChI is InChI=1S/C12H8F3N5/c1-20-12-6(4-18-20)11(16-5-17-12)19-8-3-2-7(13)9(14)10(8)15/h2-5H,1H3,(H,16,17,19).